The Morgan fingerprint density at radius 2 is 1.90 bits per heavy atom. The number of aliphatic hydroxyl groups is 1. The largest absolute Gasteiger partial charge is 0.461 e. The molecule has 2 amide bonds. The second kappa shape index (κ2) is 20.2. The van der Waals surface area contributed by atoms with Crippen LogP contribution in [0.5, 0.6) is 6.01 Å². The fourth-order valence-electron chi connectivity index (χ4n) is 12.6. The number of nitrogen functional groups attached to an aromatic ring is 1. The number of nitrogens with one attached hydrogen (secondary N) is 1. The van der Waals surface area contributed by atoms with Crippen LogP contribution in [0.25, 0.3) is 54.4 Å². The predicted octanol–water partition coefficient (Wildman–Crippen LogP) is 8.55. The van der Waals surface area contributed by atoms with Gasteiger partial charge >= 0.3 is 12.1 Å². The summed E-state index contributed by atoms with van der Waals surface area (Å²) in [5.41, 5.74) is 12.7. The van der Waals surface area contributed by atoms with E-state index < -0.39 is 58.9 Å². The number of ether oxygens (including phenoxy) is 3. The molecule has 4 aromatic heterocycles. The zero-order chi connectivity index (χ0) is 57.1. The van der Waals surface area contributed by atoms with Crippen molar-refractivity contribution in [2.45, 2.75) is 95.6 Å². The molecule has 0 spiro atoms. The van der Waals surface area contributed by atoms with E-state index in [0.29, 0.717) is 58.4 Å². The Morgan fingerprint density at radius 3 is 2.65 bits per heavy atom. The molecule has 9 heterocycles. The third-order valence-electron chi connectivity index (χ3n) is 16.9. The number of pyridine rings is 2. The molecule has 0 saturated carbocycles. The molecule has 3 aromatic carbocycles. The topological polar surface area (TPSA) is 240 Å². The lowest BCUT2D eigenvalue weighted by molar-refractivity contribution is -0.128. The molecular formula is C57H54ClF4N11O7S. The van der Waals surface area contributed by atoms with Crippen molar-refractivity contribution in [2.24, 2.45) is 5.73 Å². The number of hydrogen-bond donors (Lipinski definition) is 4. The molecule has 3 fully saturated rings. The Balaban J connectivity index is 0.777. The Bertz CT molecular complexity index is 3990. The minimum Gasteiger partial charge on any atom is -0.461 e. The van der Waals surface area contributed by atoms with Crippen molar-refractivity contribution in [3.8, 4) is 34.6 Å². The van der Waals surface area contributed by atoms with Gasteiger partial charge in [-0.05, 0) is 80.6 Å². The molecular weight excluding hydrogens is 1090 g/mol. The number of carbonyl (C=O) groups excluding carboxylic acids is 2. The highest BCUT2D eigenvalue weighted by molar-refractivity contribution is 7.23. The van der Waals surface area contributed by atoms with Gasteiger partial charge in [0, 0.05) is 84.1 Å². The maximum Gasteiger partial charge on any atom is 0.412 e. The predicted molar refractivity (Wildman–Crippen MR) is 297 cm³/mol. The van der Waals surface area contributed by atoms with Gasteiger partial charge in [-0.2, -0.15) is 15.2 Å². The average Bonchev–Trinajstić information content (AvgIpc) is 3.92. The van der Waals surface area contributed by atoms with E-state index in [4.69, 9.17) is 47.2 Å². The summed E-state index contributed by atoms with van der Waals surface area (Å²) in [6.07, 6.45) is -1.21. The highest BCUT2D eigenvalue weighted by atomic mass is 35.5. The number of piperazine rings is 1. The van der Waals surface area contributed by atoms with E-state index in [-0.39, 0.29) is 147 Å². The lowest BCUT2D eigenvalue weighted by Crippen LogP contribution is -2.54. The maximum atomic E-state index is 17.5. The molecule has 5 aliphatic rings. The summed E-state index contributed by atoms with van der Waals surface area (Å²) in [7, 11) is 0. The van der Waals surface area contributed by atoms with Crippen molar-refractivity contribution in [1.29, 1.82) is 5.26 Å². The highest BCUT2D eigenvalue weighted by Gasteiger charge is 2.50. The van der Waals surface area contributed by atoms with E-state index in [0.717, 1.165) is 29.9 Å². The average molecular weight is 1150 g/mol. The number of alkyl halides is 1. The summed E-state index contributed by atoms with van der Waals surface area (Å²) < 4.78 is 82.6. The molecule has 0 aliphatic carbocycles. The first-order valence-electron chi connectivity index (χ1n) is 26.5. The zero-order valence-electron chi connectivity index (χ0n) is 44.2. The van der Waals surface area contributed by atoms with Gasteiger partial charge in [-0.25, -0.2) is 27.3 Å². The van der Waals surface area contributed by atoms with E-state index in [2.05, 4.69) is 21.8 Å². The fourth-order valence-corrected chi connectivity index (χ4v) is 13.8. The second-order valence-corrected chi connectivity index (χ2v) is 23.0. The first-order chi connectivity index (χ1) is 38.8. The summed E-state index contributed by atoms with van der Waals surface area (Å²) >= 11 is 7.83. The van der Waals surface area contributed by atoms with Crippen LogP contribution in [-0.4, -0.2) is 116 Å². The van der Waals surface area contributed by atoms with Crippen molar-refractivity contribution in [2.75, 3.05) is 61.9 Å². The molecule has 5 atom stereocenters. The van der Waals surface area contributed by atoms with Crippen LogP contribution < -0.4 is 32.0 Å². The van der Waals surface area contributed by atoms with Gasteiger partial charge < -0.3 is 45.2 Å². The van der Waals surface area contributed by atoms with Crippen LogP contribution in [0.1, 0.15) is 74.3 Å². The van der Waals surface area contributed by atoms with Gasteiger partial charge in [-0.1, -0.05) is 31.2 Å². The van der Waals surface area contributed by atoms with E-state index in [9.17, 15) is 29.1 Å². The molecule has 420 valence electrons. The monoisotopic (exact) mass is 1150 g/mol. The number of anilines is 3. The van der Waals surface area contributed by atoms with Gasteiger partial charge in [0.15, 0.2) is 5.82 Å². The minimum absolute atomic E-state index is 0.0194. The number of amides is 2. The Morgan fingerprint density at radius 1 is 1.10 bits per heavy atom. The maximum absolute atomic E-state index is 17.5. The number of halogens is 5. The SMILES string of the molecule is C=C(C(=O)N1CCN(c2nc(OCC34CCCN3CC(F)C4)nc3c(F)c(-c4ccc(F)c5sc(N)c(C#N)c45)c(Cl)cc23)C(C)C1)C(C)OC(=O)Nc1cc2c(CN)c3c(nc2cc1F)-c1cc2c(c(=O)n1C3)COCC2(O)CC. The van der Waals surface area contributed by atoms with Gasteiger partial charge in [0.25, 0.3) is 11.5 Å². The number of aromatic nitrogens is 4. The summed E-state index contributed by atoms with van der Waals surface area (Å²) in [4.78, 5) is 61.1. The number of fused-ring (bicyclic) bond motifs is 8. The van der Waals surface area contributed by atoms with Crippen LogP contribution in [-0.2, 0) is 39.6 Å². The van der Waals surface area contributed by atoms with Crippen LogP contribution in [0.4, 0.5) is 38.9 Å². The van der Waals surface area contributed by atoms with Crippen LogP contribution in [0.2, 0.25) is 5.02 Å². The number of thiophene rings is 1. The Kier molecular flexibility index (Phi) is 13.5. The molecule has 6 N–H and O–H groups in total. The van der Waals surface area contributed by atoms with E-state index in [1.807, 2.05) is 17.9 Å². The van der Waals surface area contributed by atoms with E-state index >= 15 is 13.2 Å². The smallest absolute Gasteiger partial charge is 0.412 e. The number of nitriles is 1. The van der Waals surface area contributed by atoms with Crippen molar-refractivity contribution in [3.05, 3.63) is 109 Å². The Hall–Kier alpha value is -7.46. The summed E-state index contributed by atoms with van der Waals surface area (Å²) in [6, 6.07) is 9.58. The number of nitrogens with two attached hydrogens (primary N) is 2. The highest BCUT2D eigenvalue weighted by Crippen LogP contribution is 2.47. The molecule has 7 aromatic rings. The molecule has 24 heteroatoms. The lowest BCUT2D eigenvalue weighted by Gasteiger charge is -2.41. The lowest BCUT2D eigenvalue weighted by atomic mass is 9.86. The van der Waals surface area contributed by atoms with Gasteiger partial charge in [0.05, 0.1) is 68.7 Å². The molecule has 5 unspecified atom stereocenters. The van der Waals surface area contributed by atoms with Gasteiger partial charge in [0.2, 0.25) is 0 Å². The number of hydrogen-bond acceptors (Lipinski definition) is 16. The summed E-state index contributed by atoms with van der Waals surface area (Å²) in [6.45, 7) is 10.6. The molecule has 0 radical (unpaired) electrons. The number of rotatable bonds is 11. The quantitative estimate of drug-likeness (QED) is 0.0701. The number of carbonyl (C=O) groups is 2. The number of benzene rings is 3. The van der Waals surface area contributed by atoms with Crippen molar-refractivity contribution >= 4 is 83.3 Å². The van der Waals surface area contributed by atoms with Crippen LogP contribution in [0.15, 0.2) is 53.3 Å². The van der Waals surface area contributed by atoms with Crippen molar-refractivity contribution < 1.29 is 46.5 Å². The first kappa shape index (κ1) is 54.1. The van der Waals surface area contributed by atoms with Crippen molar-refractivity contribution in [1.82, 2.24) is 29.3 Å². The van der Waals surface area contributed by atoms with Gasteiger partial charge in [0.1, 0.15) is 58.5 Å². The van der Waals surface area contributed by atoms with Gasteiger partial charge in [-0.15, -0.1) is 11.3 Å². The zero-order valence-corrected chi connectivity index (χ0v) is 45.8. The third-order valence-corrected chi connectivity index (χ3v) is 18.2. The summed E-state index contributed by atoms with van der Waals surface area (Å²) in [5.74, 6) is -2.70. The molecule has 81 heavy (non-hydrogen) atoms. The van der Waals surface area contributed by atoms with E-state index in [1.54, 1.807) is 13.0 Å². The van der Waals surface area contributed by atoms with Crippen LogP contribution >= 0.6 is 22.9 Å². The molecule has 3 saturated heterocycles. The van der Waals surface area contributed by atoms with E-state index in [1.165, 1.54) is 34.6 Å². The third kappa shape index (κ3) is 8.80. The normalized spacial score (nSPS) is 21.7. The molecule has 12 rings (SSSR count). The van der Waals surface area contributed by atoms with Crippen molar-refractivity contribution in [3.63, 3.8) is 0 Å². The first-order valence-corrected chi connectivity index (χ1v) is 27.7. The fraction of sp³-hybridized carbons (Fsp3) is 0.386. The molecule has 18 nitrogen and oxygen atoms in total. The standard InChI is InChI=1S/C57H54ClF4N11O7S/c1-5-57(77)25-78-23-36-37(57)15-43-47-35(22-73(43)53(36)75)33(18-63)31-14-42(40(61)16-41(31)66-47)67-55(76)80-28(4)27(3)52(74)70-11-12-72(26(2)20-70)51-32-13-38(58)45(30-7-8-39(60)49-44(30)34(19-64)50(65)81-49)46(62)48(32)68-54(69-51)79-24-56-9-6-10-71(56)21-29(59)17-56/h7-8,13-16,26,28-29,77H,3,5-6,9-12,17-18,20-25,63,65H2,1-2,4H3,(H,67,76). The second-order valence-electron chi connectivity index (χ2n) is 21.5. The van der Waals surface area contributed by atoms with Gasteiger partial charge in [-0.3, -0.25) is 19.8 Å². The minimum atomic E-state index is -1.37. The van der Waals surface area contributed by atoms with Crippen LogP contribution in [0, 0.1) is 28.8 Å². The molecule has 5 aliphatic heterocycles. The Labute approximate surface area is 469 Å². The number of nitrogens with zero attached hydrogens (tertiary/aromatic N) is 8. The summed E-state index contributed by atoms with van der Waals surface area (Å²) in [5, 5.41) is 24.5. The van der Waals surface area contributed by atoms with Crippen LogP contribution in [0.3, 0.4) is 0 Å². The molecule has 0 bridgehead atoms.